The minimum Gasteiger partial charge on any atom is -0.374 e. The SMILES string of the molecule is CNc1ncc(-c2nc3ccc(N4C[C@H]5C[C@@H]4CO5)cn3n2)c2cc(C3CC3(F)C(N)=O)ncc12. The number of primary amides is 1. The predicted octanol–water partition coefficient (Wildman–Crippen LogP) is 2.04. The van der Waals surface area contributed by atoms with E-state index in [0.29, 0.717) is 40.7 Å². The van der Waals surface area contributed by atoms with Crippen LogP contribution in [0, 0.1) is 0 Å². The van der Waals surface area contributed by atoms with Crippen molar-refractivity contribution in [3.63, 3.8) is 0 Å². The van der Waals surface area contributed by atoms with Gasteiger partial charge in [-0.25, -0.2) is 18.9 Å². The first-order valence-electron chi connectivity index (χ1n) is 11.6. The summed E-state index contributed by atoms with van der Waals surface area (Å²) >= 11 is 0. The second-order valence-corrected chi connectivity index (χ2v) is 9.53. The van der Waals surface area contributed by atoms with E-state index in [1.165, 1.54) is 0 Å². The van der Waals surface area contributed by atoms with Crippen molar-refractivity contribution in [2.75, 3.05) is 30.4 Å². The molecule has 4 aromatic rings. The van der Waals surface area contributed by atoms with Gasteiger partial charge in [0.25, 0.3) is 5.91 Å². The van der Waals surface area contributed by atoms with E-state index in [0.717, 1.165) is 36.0 Å². The van der Waals surface area contributed by atoms with Gasteiger partial charge >= 0.3 is 0 Å². The number of hydrogen-bond acceptors (Lipinski definition) is 8. The summed E-state index contributed by atoms with van der Waals surface area (Å²) in [6.45, 7) is 1.64. The van der Waals surface area contributed by atoms with Crippen LogP contribution in [0.4, 0.5) is 15.9 Å². The van der Waals surface area contributed by atoms with Gasteiger partial charge < -0.3 is 20.7 Å². The number of nitrogens with two attached hydrogens (primary N) is 1. The van der Waals surface area contributed by atoms with Gasteiger partial charge in [0.2, 0.25) is 0 Å². The van der Waals surface area contributed by atoms with Gasteiger partial charge in [0.15, 0.2) is 17.1 Å². The number of aromatic nitrogens is 5. The highest BCUT2D eigenvalue weighted by atomic mass is 19.1. The molecule has 7 rings (SSSR count). The minimum atomic E-state index is -2.04. The Morgan fingerprint density at radius 1 is 1.29 bits per heavy atom. The van der Waals surface area contributed by atoms with Crippen LogP contribution in [0.25, 0.3) is 27.8 Å². The number of nitrogens with zero attached hydrogens (tertiary/aromatic N) is 6. The van der Waals surface area contributed by atoms with Crippen molar-refractivity contribution in [1.82, 2.24) is 24.6 Å². The summed E-state index contributed by atoms with van der Waals surface area (Å²) in [6.07, 6.45) is 6.74. The average molecular weight is 475 g/mol. The van der Waals surface area contributed by atoms with E-state index in [4.69, 9.17) is 20.6 Å². The molecule has 35 heavy (non-hydrogen) atoms. The monoisotopic (exact) mass is 474 g/mol. The fourth-order valence-corrected chi connectivity index (χ4v) is 5.44. The number of morpholine rings is 1. The van der Waals surface area contributed by atoms with Gasteiger partial charge in [-0.15, -0.1) is 5.10 Å². The maximum Gasteiger partial charge on any atom is 0.255 e. The number of fused-ring (bicyclic) bond motifs is 4. The van der Waals surface area contributed by atoms with Crippen LogP contribution in [0.2, 0.25) is 0 Å². The van der Waals surface area contributed by atoms with E-state index in [-0.39, 0.29) is 6.42 Å². The van der Waals surface area contributed by atoms with Gasteiger partial charge in [-0.05, 0) is 24.6 Å². The van der Waals surface area contributed by atoms with Crippen LogP contribution in [0.5, 0.6) is 0 Å². The lowest BCUT2D eigenvalue weighted by Gasteiger charge is -2.28. The number of alkyl halides is 1. The lowest BCUT2D eigenvalue weighted by atomic mass is 10.1. The lowest BCUT2D eigenvalue weighted by Crippen LogP contribution is -2.37. The van der Waals surface area contributed by atoms with E-state index in [1.807, 2.05) is 12.3 Å². The Kier molecular flexibility index (Phi) is 4.15. The fraction of sp³-hybridized carbons (Fsp3) is 0.375. The normalized spacial score (nSPS) is 27.1. The summed E-state index contributed by atoms with van der Waals surface area (Å²) < 4.78 is 22.2. The van der Waals surface area contributed by atoms with E-state index >= 15 is 0 Å². The third-order valence-electron chi connectivity index (χ3n) is 7.48. The molecule has 3 fully saturated rings. The van der Waals surface area contributed by atoms with Gasteiger partial charge in [-0.2, -0.15) is 0 Å². The van der Waals surface area contributed by atoms with Gasteiger partial charge in [0.05, 0.1) is 30.6 Å². The molecule has 3 aliphatic rings. The summed E-state index contributed by atoms with van der Waals surface area (Å²) in [5.74, 6) is -0.467. The van der Waals surface area contributed by atoms with Crippen LogP contribution in [-0.4, -0.2) is 68.5 Å². The van der Waals surface area contributed by atoms with Crippen molar-refractivity contribution in [2.24, 2.45) is 5.73 Å². The fourth-order valence-electron chi connectivity index (χ4n) is 5.44. The smallest absolute Gasteiger partial charge is 0.255 e. The number of amides is 1. The van der Waals surface area contributed by atoms with E-state index in [1.54, 1.807) is 30.0 Å². The first-order valence-corrected chi connectivity index (χ1v) is 11.6. The Morgan fingerprint density at radius 3 is 2.89 bits per heavy atom. The van der Waals surface area contributed by atoms with E-state index in [9.17, 15) is 9.18 Å². The van der Waals surface area contributed by atoms with Crippen molar-refractivity contribution >= 4 is 33.8 Å². The number of halogens is 1. The molecule has 10 nitrogen and oxygen atoms in total. The van der Waals surface area contributed by atoms with Crippen LogP contribution in [0.15, 0.2) is 36.8 Å². The second-order valence-electron chi connectivity index (χ2n) is 9.53. The zero-order valence-corrected chi connectivity index (χ0v) is 19.0. The molecular weight excluding hydrogens is 451 g/mol. The predicted molar refractivity (Wildman–Crippen MR) is 127 cm³/mol. The minimum absolute atomic E-state index is 0.0406. The first-order chi connectivity index (χ1) is 16.9. The maximum atomic E-state index is 14.7. The van der Waals surface area contributed by atoms with Gasteiger partial charge in [-0.3, -0.25) is 9.78 Å². The Balaban J connectivity index is 1.31. The standard InChI is InChI=1S/C24H23FN8O2/c1-27-21-16-7-28-19(18-6-24(18,25)23(26)34)5-15(16)17(8-29-21)22-30-20-3-2-12(9-33(20)31-22)32-10-14-4-13(32)11-35-14/h2-3,5,7-9,13-14,18H,4,6,10-11H2,1H3,(H2,26,34)(H,27,29)/t13-,14-,18?,24?/m1/s1. The number of ether oxygens (including phenoxy) is 1. The number of anilines is 2. The molecule has 3 N–H and O–H groups in total. The lowest BCUT2D eigenvalue weighted by molar-refractivity contribution is -0.124. The second kappa shape index (κ2) is 7.08. The number of rotatable bonds is 5. The Bertz CT molecular complexity index is 1520. The Labute approximate surface area is 199 Å². The topological polar surface area (TPSA) is 124 Å². The molecule has 6 heterocycles. The number of pyridine rings is 3. The van der Waals surface area contributed by atoms with Crippen molar-refractivity contribution < 1.29 is 13.9 Å². The van der Waals surface area contributed by atoms with Gasteiger partial charge in [0.1, 0.15) is 5.82 Å². The third kappa shape index (κ3) is 3.00. The summed E-state index contributed by atoms with van der Waals surface area (Å²) in [7, 11) is 1.77. The maximum absolute atomic E-state index is 14.7. The molecule has 0 radical (unpaired) electrons. The quantitative estimate of drug-likeness (QED) is 0.450. The zero-order valence-electron chi connectivity index (χ0n) is 19.0. The number of carbonyl (C=O) groups is 1. The zero-order chi connectivity index (χ0) is 23.9. The van der Waals surface area contributed by atoms with Crippen LogP contribution in [-0.2, 0) is 9.53 Å². The molecule has 178 valence electrons. The van der Waals surface area contributed by atoms with Crippen molar-refractivity contribution in [1.29, 1.82) is 0 Å². The molecule has 2 aliphatic heterocycles. The van der Waals surface area contributed by atoms with Crippen LogP contribution in [0.1, 0.15) is 24.5 Å². The molecule has 1 aliphatic carbocycles. The summed E-state index contributed by atoms with van der Waals surface area (Å²) in [6, 6.07) is 6.21. The molecule has 2 unspecified atom stereocenters. The van der Waals surface area contributed by atoms with Crippen molar-refractivity contribution in [2.45, 2.75) is 36.6 Å². The molecule has 0 aromatic carbocycles. The molecule has 2 saturated heterocycles. The summed E-state index contributed by atoms with van der Waals surface area (Å²) in [5.41, 5.74) is 6.20. The molecule has 4 atom stereocenters. The molecular formula is C24H23FN8O2. The molecule has 2 bridgehead atoms. The molecule has 4 aromatic heterocycles. The molecule has 0 spiro atoms. The third-order valence-corrected chi connectivity index (χ3v) is 7.48. The molecule has 1 saturated carbocycles. The molecule has 1 amide bonds. The number of hydrogen-bond donors (Lipinski definition) is 2. The Morgan fingerprint density at radius 2 is 2.17 bits per heavy atom. The average Bonchev–Trinajstić information content (AvgIpc) is 3.25. The first kappa shape index (κ1) is 20.5. The summed E-state index contributed by atoms with van der Waals surface area (Å²) in [4.78, 5) is 27.6. The number of carbonyl (C=O) groups excluding carboxylic acids is 1. The van der Waals surface area contributed by atoms with E-state index < -0.39 is 17.5 Å². The highest BCUT2D eigenvalue weighted by Crippen LogP contribution is 2.54. The van der Waals surface area contributed by atoms with Gasteiger partial charge in [-0.1, -0.05) is 0 Å². The van der Waals surface area contributed by atoms with Crippen LogP contribution >= 0.6 is 0 Å². The molecule has 11 heteroatoms. The largest absolute Gasteiger partial charge is 0.374 e. The summed E-state index contributed by atoms with van der Waals surface area (Å²) in [5, 5.41) is 9.34. The van der Waals surface area contributed by atoms with Crippen molar-refractivity contribution in [3.8, 4) is 11.4 Å². The Hall–Kier alpha value is -3.86. The van der Waals surface area contributed by atoms with Crippen molar-refractivity contribution in [3.05, 3.63) is 42.5 Å². The van der Waals surface area contributed by atoms with E-state index in [2.05, 4.69) is 26.3 Å². The highest BCUT2D eigenvalue weighted by molar-refractivity contribution is 6.01. The van der Waals surface area contributed by atoms with Gasteiger partial charge in [0, 0.05) is 60.4 Å². The van der Waals surface area contributed by atoms with Crippen LogP contribution < -0.4 is 16.0 Å². The number of nitrogens with one attached hydrogen (secondary N) is 1. The van der Waals surface area contributed by atoms with Crippen LogP contribution in [0.3, 0.4) is 0 Å². The highest BCUT2D eigenvalue weighted by Gasteiger charge is 2.62.